The molecule has 38 heavy (non-hydrogen) atoms. The topological polar surface area (TPSA) is 127 Å². The first-order chi connectivity index (χ1) is 18.3. The second-order valence-corrected chi connectivity index (χ2v) is 9.22. The molecule has 0 saturated heterocycles. The van der Waals surface area contributed by atoms with Gasteiger partial charge in [0.2, 0.25) is 5.43 Å². The number of benzene rings is 3. The van der Waals surface area contributed by atoms with Gasteiger partial charge in [-0.05, 0) is 35.9 Å². The predicted octanol–water partition coefficient (Wildman–Crippen LogP) is 6.22. The Labute approximate surface area is 219 Å². The summed E-state index contributed by atoms with van der Waals surface area (Å²) in [6, 6.07) is 17.5. The molecule has 0 aliphatic carbocycles. The zero-order valence-electron chi connectivity index (χ0n) is 19.4. The average molecular weight is 529 g/mol. The van der Waals surface area contributed by atoms with Crippen LogP contribution in [0, 0.1) is 0 Å². The number of carbonyl (C=O) groups excluding carboxylic acids is 1. The first-order valence-electron chi connectivity index (χ1n) is 11.5. The maximum atomic E-state index is 13.5. The average Bonchev–Trinajstić information content (AvgIpc) is 3.39. The quantitative estimate of drug-likeness (QED) is 0.208. The number of rotatable bonds is 4. The smallest absolute Gasteiger partial charge is 0.336 e. The van der Waals surface area contributed by atoms with Crippen LogP contribution in [-0.2, 0) is 4.79 Å². The van der Waals surface area contributed by atoms with Crippen LogP contribution in [0.25, 0.3) is 33.4 Å². The number of hydrogen-bond acceptors (Lipinski definition) is 7. The minimum absolute atomic E-state index is 0.0440. The Balaban J connectivity index is 1.52. The molecular formula is C29H17ClO8. The summed E-state index contributed by atoms with van der Waals surface area (Å²) in [6.07, 6.45) is 1.17. The van der Waals surface area contributed by atoms with Crippen molar-refractivity contribution in [3.05, 3.63) is 105 Å². The van der Waals surface area contributed by atoms with Gasteiger partial charge in [-0.3, -0.25) is 9.59 Å². The van der Waals surface area contributed by atoms with Crippen molar-refractivity contribution >= 4 is 34.5 Å². The van der Waals surface area contributed by atoms with Crippen molar-refractivity contribution in [2.24, 2.45) is 0 Å². The van der Waals surface area contributed by atoms with Gasteiger partial charge in [0.1, 0.15) is 40.3 Å². The lowest BCUT2D eigenvalue weighted by Gasteiger charge is -2.24. The molecule has 0 radical (unpaired) electrons. The standard InChI is InChI=1S/C29H17ClO8/c30-15-7-5-14(6-8-15)19-13-36-28-25-18(11-24(32)38-23(25)12-20(31)26(28)27(19)33)22-10-9-21(37-22)16-3-1-2-4-17(16)29(34)35/h1-10,12-13,18,31H,11H2,(H,34,35)/t18-/m0/s1. The second kappa shape index (κ2) is 8.93. The van der Waals surface area contributed by atoms with Gasteiger partial charge in [-0.2, -0.15) is 0 Å². The number of hydrogen-bond donors (Lipinski definition) is 2. The molecule has 6 rings (SSSR count). The van der Waals surface area contributed by atoms with E-state index in [-0.39, 0.29) is 34.3 Å². The number of phenolic OH excluding ortho intramolecular Hbond substituents is 1. The predicted molar refractivity (Wildman–Crippen MR) is 138 cm³/mol. The number of aromatic carboxylic acids is 1. The van der Waals surface area contributed by atoms with Gasteiger partial charge in [-0.25, -0.2) is 4.79 Å². The lowest BCUT2D eigenvalue weighted by molar-refractivity contribution is -0.135. The molecule has 1 aliphatic heterocycles. The van der Waals surface area contributed by atoms with E-state index in [0.717, 1.165) is 0 Å². The molecule has 0 amide bonds. The molecular weight excluding hydrogens is 512 g/mol. The lowest BCUT2D eigenvalue weighted by atomic mass is 9.88. The monoisotopic (exact) mass is 528 g/mol. The van der Waals surface area contributed by atoms with Gasteiger partial charge in [0.15, 0.2) is 0 Å². The minimum Gasteiger partial charge on any atom is -0.507 e. The molecule has 0 spiro atoms. The highest BCUT2D eigenvalue weighted by atomic mass is 35.5. The molecule has 3 aromatic carbocycles. The fourth-order valence-corrected chi connectivity index (χ4v) is 4.90. The van der Waals surface area contributed by atoms with Crippen molar-refractivity contribution in [3.8, 4) is 33.9 Å². The summed E-state index contributed by atoms with van der Waals surface area (Å²) in [7, 11) is 0. The normalized spacial score (nSPS) is 14.8. The third-order valence-electron chi connectivity index (χ3n) is 6.52. The fourth-order valence-electron chi connectivity index (χ4n) is 4.77. The van der Waals surface area contributed by atoms with Crippen LogP contribution in [0.15, 0.2) is 86.6 Å². The zero-order chi connectivity index (χ0) is 26.6. The maximum absolute atomic E-state index is 13.5. The molecule has 0 unspecified atom stereocenters. The lowest BCUT2D eigenvalue weighted by Crippen LogP contribution is -2.21. The Morgan fingerprint density at radius 2 is 1.74 bits per heavy atom. The molecule has 1 atom stereocenters. The molecule has 0 bridgehead atoms. The number of fused-ring (bicyclic) bond motifs is 3. The van der Waals surface area contributed by atoms with Gasteiger partial charge >= 0.3 is 11.9 Å². The number of carboxylic acid groups (broad SMARTS) is 1. The van der Waals surface area contributed by atoms with E-state index >= 15 is 0 Å². The van der Waals surface area contributed by atoms with Crippen LogP contribution < -0.4 is 10.2 Å². The third-order valence-corrected chi connectivity index (χ3v) is 6.77. The highest BCUT2D eigenvalue weighted by molar-refractivity contribution is 6.30. The van der Waals surface area contributed by atoms with Gasteiger partial charge in [-0.1, -0.05) is 41.9 Å². The highest BCUT2D eigenvalue weighted by Crippen LogP contribution is 2.46. The molecule has 0 fully saturated rings. The summed E-state index contributed by atoms with van der Waals surface area (Å²) < 4.78 is 17.4. The molecule has 9 heteroatoms. The van der Waals surface area contributed by atoms with Crippen LogP contribution >= 0.6 is 11.6 Å². The number of ether oxygens (including phenoxy) is 1. The maximum Gasteiger partial charge on any atom is 0.336 e. The van der Waals surface area contributed by atoms with Crippen LogP contribution in [0.1, 0.15) is 34.0 Å². The summed E-state index contributed by atoms with van der Waals surface area (Å²) in [5.74, 6) is -2.10. The zero-order valence-corrected chi connectivity index (χ0v) is 20.2. The van der Waals surface area contributed by atoms with Crippen LogP contribution in [0.2, 0.25) is 5.02 Å². The largest absolute Gasteiger partial charge is 0.507 e. The Kier molecular flexibility index (Phi) is 5.54. The van der Waals surface area contributed by atoms with E-state index < -0.39 is 29.0 Å². The number of aromatic hydroxyl groups is 1. The first-order valence-corrected chi connectivity index (χ1v) is 11.9. The fraction of sp³-hybridized carbons (Fsp3) is 0.0690. The molecule has 8 nitrogen and oxygen atoms in total. The molecule has 2 aromatic heterocycles. The number of furan rings is 1. The van der Waals surface area contributed by atoms with Crippen molar-refractivity contribution in [2.45, 2.75) is 12.3 Å². The van der Waals surface area contributed by atoms with Gasteiger partial charge in [0, 0.05) is 22.2 Å². The van der Waals surface area contributed by atoms with Crippen LogP contribution in [0.3, 0.4) is 0 Å². The Morgan fingerprint density at radius 3 is 2.50 bits per heavy atom. The van der Waals surface area contributed by atoms with E-state index in [1.54, 1.807) is 54.6 Å². The molecule has 1 aliphatic rings. The van der Waals surface area contributed by atoms with Crippen LogP contribution in [0.5, 0.6) is 11.5 Å². The van der Waals surface area contributed by atoms with Crippen molar-refractivity contribution < 1.29 is 33.4 Å². The Bertz CT molecular complexity index is 1810. The van der Waals surface area contributed by atoms with E-state index in [0.29, 0.717) is 33.2 Å². The molecule has 0 saturated carbocycles. The number of phenols is 1. The van der Waals surface area contributed by atoms with Crippen molar-refractivity contribution in [2.75, 3.05) is 0 Å². The summed E-state index contributed by atoms with van der Waals surface area (Å²) in [5, 5.41) is 20.7. The second-order valence-electron chi connectivity index (χ2n) is 8.78. The molecule has 188 valence electrons. The van der Waals surface area contributed by atoms with E-state index in [9.17, 15) is 24.6 Å². The summed E-state index contributed by atoms with van der Waals surface area (Å²) in [4.78, 5) is 37.7. The van der Waals surface area contributed by atoms with E-state index in [1.807, 2.05) is 0 Å². The number of halogens is 1. The van der Waals surface area contributed by atoms with E-state index in [2.05, 4.69) is 0 Å². The van der Waals surface area contributed by atoms with Gasteiger partial charge in [0.25, 0.3) is 0 Å². The number of carbonyl (C=O) groups is 2. The van der Waals surface area contributed by atoms with Crippen LogP contribution in [0.4, 0.5) is 0 Å². The summed E-state index contributed by atoms with van der Waals surface area (Å²) in [5.41, 5.74) is 1.17. The minimum atomic E-state index is -1.11. The number of carboxylic acids is 1. The number of esters is 1. The first kappa shape index (κ1) is 23.6. The SMILES string of the molecule is O=C1C[C@@H](c2ccc(-c3ccccc3C(=O)O)o2)c2c(cc(O)c3c(=O)c(-c4ccc(Cl)cc4)coc23)O1. The van der Waals surface area contributed by atoms with Gasteiger partial charge in [0.05, 0.1) is 23.5 Å². The van der Waals surface area contributed by atoms with Crippen molar-refractivity contribution in [1.29, 1.82) is 0 Å². The Hall–Kier alpha value is -4.82. The van der Waals surface area contributed by atoms with Crippen molar-refractivity contribution in [1.82, 2.24) is 0 Å². The van der Waals surface area contributed by atoms with E-state index in [4.69, 9.17) is 25.2 Å². The summed E-state index contributed by atoms with van der Waals surface area (Å²) >= 11 is 5.97. The van der Waals surface area contributed by atoms with Crippen LogP contribution in [-0.4, -0.2) is 22.2 Å². The molecule has 2 N–H and O–H groups in total. The third kappa shape index (κ3) is 3.82. The molecule has 5 aromatic rings. The van der Waals surface area contributed by atoms with Crippen molar-refractivity contribution in [3.63, 3.8) is 0 Å². The Morgan fingerprint density at radius 1 is 0.974 bits per heavy atom. The summed E-state index contributed by atoms with van der Waals surface area (Å²) in [6.45, 7) is 0. The van der Waals surface area contributed by atoms with Gasteiger partial charge in [-0.15, -0.1) is 0 Å². The van der Waals surface area contributed by atoms with E-state index in [1.165, 1.54) is 18.4 Å². The van der Waals surface area contributed by atoms with Gasteiger partial charge < -0.3 is 23.8 Å². The molecule has 3 heterocycles. The highest BCUT2D eigenvalue weighted by Gasteiger charge is 2.35.